The number of rotatable bonds is 4. The van der Waals surface area contributed by atoms with Gasteiger partial charge in [-0.15, -0.1) is 0 Å². The number of amides is 1. The van der Waals surface area contributed by atoms with Gasteiger partial charge in [0, 0.05) is 5.69 Å². The summed E-state index contributed by atoms with van der Waals surface area (Å²) in [5.74, 6) is 0.292. The van der Waals surface area contributed by atoms with Crippen molar-refractivity contribution in [3.05, 3.63) is 58.1 Å². The molecule has 0 saturated heterocycles. The quantitative estimate of drug-likeness (QED) is 0.893. The van der Waals surface area contributed by atoms with E-state index >= 15 is 0 Å². The Morgan fingerprint density at radius 3 is 2.60 bits per heavy atom. The molecule has 0 atom stereocenters. The Morgan fingerprint density at radius 1 is 1.15 bits per heavy atom. The van der Waals surface area contributed by atoms with Crippen molar-refractivity contribution in [1.82, 2.24) is 0 Å². The van der Waals surface area contributed by atoms with Gasteiger partial charge in [-0.25, -0.2) is 0 Å². The number of hydrogen-bond donors (Lipinski definition) is 1. The topological polar surface area (TPSA) is 38.3 Å². The van der Waals surface area contributed by atoms with Crippen LogP contribution in [0.1, 0.15) is 17.3 Å². The van der Waals surface area contributed by atoms with Gasteiger partial charge < -0.3 is 10.1 Å². The van der Waals surface area contributed by atoms with E-state index in [1.165, 1.54) is 0 Å². The number of benzene rings is 2. The maximum Gasteiger partial charge on any atom is 0.259 e. The van der Waals surface area contributed by atoms with Gasteiger partial charge in [0.1, 0.15) is 5.75 Å². The van der Waals surface area contributed by atoms with E-state index < -0.39 is 0 Å². The summed E-state index contributed by atoms with van der Waals surface area (Å²) in [5.41, 5.74) is 1.05. The highest BCUT2D eigenvalue weighted by Crippen LogP contribution is 2.26. The SMILES string of the molecule is CCOc1ccccc1C(=O)Nc1ccc(Cl)c(Cl)c1. The number of ether oxygens (including phenoxy) is 1. The maximum atomic E-state index is 12.2. The first kappa shape index (κ1) is 14.7. The second-order valence-electron chi connectivity index (χ2n) is 4.01. The summed E-state index contributed by atoms with van der Waals surface area (Å²) in [6, 6.07) is 12.0. The largest absolute Gasteiger partial charge is 0.493 e. The van der Waals surface area contributed by atoms with Crippen LogP contribution in [0.5, 0.6) is 5.75 Å². The van der Waals surface area contributed by atoms with E-state index in [-0.39, 0.29) is 5.91 Å². The highest BCUT2D eigenvalue weighted by atomic mass is 35.5. The molecule has 20 heavy (non-hydrogen) atoms. The summed E-state index contributed by atoms with van der Waals surface area (Å²) in [6.45, 7) is 2.37. The third kappa shape index (κ3) is 3.44. The van der Waals surface area contributed by atoms with Crippen molar-refractivity contribution in [2.24, 2.45) is 0 Å². The third-order valence-corrected chi connectivity index (χ3v) is 3.35. The van der Waals surface area contributed by atoms with Crippen LogP contribution in [0, 0.1) is 0 Å². The number of anilines is 1. The van der Waals surface area contributed by atoms with Gasteiger partial charge in [0.2, 0.25) is 0 Å². The predicted molar refractivity (Wildman–Crippen MR) is 82.0 cm³/mol. The lowest BCUT2D eigenvalue weighted by Gasteiger charge is -2.10. The van der Waals surface area contributed by atoms with Crippen LogP contribution in [0.25, 0.3) is 0 Å². The van der Waals surface area contributed by atoms with Crippen molar-refractivity contribution in [2.45, 2.75) is 6.92 Å². The first-order chi connectivity index (χ1) is 9.61. The highest BCUT2D eigenvalue weighted by Gasteiger charge is 2.12. The zero-order chi connectivity index (χ0) is 14.5. The van der Waals surface area contributed by atoms with Crippen LogP contribution in [0.15, 0.2) is 42.5 Å². The molecule has 0 bridgehead atoms. The molecular weight excluding hydrogens is 297 g/mol. The van der Waals surface area contributed by atoms with Crippen LogP contribution in [0.4, 0.5) is 5.69 Å². The van der Waals surface area contributed by atoms with Gasteiger partial charge in [0.25, 0.3) is 5.91 Å². The zero-order valence-corrected chi connectivity index (χ0v) is 12.3. The van der Waals surface area contributed by atoms with Crippen LogP contribution < -0.4 is 10.1 Å². The molecule has 1 N–H and O–H groups in total. The molecule has 0 saturated carbocycles. The van der Waals surface area contributed by atoms with Gasteiger partial charge in [0.05, 0.1) is 22.2 Å². The molecule has 0 unspecified atom stereocenters. The Hall–Kier alpha value is -1.71. The second-order valence-corrected chi connectivity index (χ2v) is 4.83. The van der Waals surface area contributed by atoms with E-state index in [2.05, 4.69) is 5.32 Å². The van der Waals surface area contributed by atoms with Gasteiger partial charge in [-0.1, -0.05) is 35.3 Å². The Labute approximate surface area is 127 Å². The average Bonchev–Trinajstić information content (AvgIpc) is 2.44. The fraction of sp³-hybridized carbons (Fsp3) is 0.133. The maximum absolute atomic E-state index is 12.2. The average molecular weight is 310 g/mol. The van der Waals surface area contributed by atoms with E-state index in [0.717, 1.165) is 0 Å². The van der Waals surface area contributed by atoms with Crippen molar-refractivity contribution in [3.63, 3.8) is 0 Å². The Balaban J connectivity index is 2.21. The van der Waals surface area contributed by atoms with E-state index in [0.29, 0.717) is 33.7 Å². The van der Waals surface area contributed by atoms with Gasteiger partial charge in [-0.05, 0) is 37.3 Å². The molecule has 2 rings (SSSR count). The van der Waals surface area contributed by atoms with Crippen LogP contribution in [-0.4, -0.2) is 12.5 Å². The molecule has 104 valence electrons. The Bertz CT molecular complexity index is 629. The molecule has 0 heterocycles. The number of carbonyl (C=O) groups is 1. The lowest BCUT2D eigenvalue weighted by atomic mass is 10.2. The van der Waals surface area contributed by atoms with Crippen molar-refractivity contribution in [3.8, 4) is 5.75 Å². The minimum Gasteiger partial charge on any atom is -0.493 e. The highest BCUT2D eigenvalue weighted by molar-refractivity contribution is 6.42. The molecule has 1 amide bonds. The summed E-state index contributed by atoms with van der Waals surface area (Å²) >= 11 is 11.8. The number of para-hydroxylation sites is 1. The molecule has 0 aliphatic rings. The monoisotopic (exact) mass is 309 g/mol. The first-order valence-corrected chi connectivity index (χ1v) is 6.85. The summed E-state index contributed by atoms with van der Waals surface area (Å²) in [4.78, 5) is 12.2. The smallest absolute Gasteiger partial charge is 0.259 e. The lowest BCUT2D eigenvalue weighted by molar-refractivity contribution is 0.102. The molecule has 0 spiro atoms. The van der Waals surface area contributed by atoms with Gasteiger partial charge in [-0.3, -0.25) is 4.79 Å². The molecular formula is C15H13Cl2NO2. The molecule has 0 aliphatic heterocycles. The molecule has 2 aromatic rings. The minimum atomic E-state index is -0.257. The van der Waals surface area contributed by atoms with Crippen LogP contribution in [0.2, 0.25) is 10.0 Å². The van der Waals surface area contributed by atoms with Crippen molar-refractivity contribution < 1.29 is 9.53 Å². The lowest BCUT2D eigenvalue weighted by Crippen LogP contribution is -2.13. The van der Waals surface area contributed by atoms with E-state index in [9.17, 15) is 4.79 Å². The summed E-state index contributed by atoms with van der Waals surface area (Å²) in [6.07, 6.45) is 0. The van der Waals surface area contributed by atoms with E-state index in [4.69, 9.17) is 27.9 Å². The summed E-state index contributed by atoms with van der Waals surface area (Å²) < 4.78 is 5.43. The third-order valence-electron chi connectivity index (χ3n) is 2.61. The molecule has 0 aromatic heterocycles. The fourth-order valence-electron chi connectivity index (χ4n) is 1.71. The van der Waals surface area contributed by atoms with E-state index in [1.54, 1.807) is 36.4 Å². The number of carbonyl (C=O) groups excluding carboxylic acids is 1. The Morgan fingerprint density at radius 2 is 1.90 bits per heavy atom. The van der Waals surface area contributed by atoms with Gasteiger partial charge >= 0.3 is 0 Å². The summed E-state index contributed by atoms with van der Waals surface area (Å²) in [7, 11) is 0. The Kier molecular flexibility index (Phi) is 4.88. The number of halogens is 2. The zero-order valence-electron chi connectivity index (χ0n) is 10.8. The normalized spacial score (nSPS) is 10.2. The van der Waals surface area contributed by atoms with Crippen molar-refractivity contribution >= 4 is 34.8 Å². The molecule has 2 aromatic carbocycles. The van der Waals surface area contributed by atoms with Crippen molar-refractivity contribution in [1.29, 1.82) is 0 Å². The second kappa shape index (κ2) is 6.64. The molecule has 5 heteroatoms. The number of hydrogen-bond acceptors (Lipinski definition) is 2. The minimum absolute atomic E-state index is 0.257. The first-order valence-electron chi connectivity index (χ1n) is 6.10. The van der Waals surface area contributed by atoms with Gasteiger partial charge in [0.15, 0.2) is 0 Å². The van der Waals surface area contributed by atoms with Crippen LogP contribution in [-0.2, 0) is 0 Å². The van der Waals surface area contributed by atoms with Gasteiger partial charge in [-0.2, -0.15) is 0 Å². The molecule has 3 nitrogen and oxygen atoms in total. The number of nitrogens with one attached hydrogen (secondary N) is 1. The fourth-order valence-corrected chi connectivity index (χ4v) is 2.01. The molecule has 0 radical (unpaired) electrons. The predicted octanol–water partition coefficient (Wildman–Crippen LogP) is 4.64. The molecule has 0 aliphatic carbocycles. The molecule has 0 fully saturated rings. The van der Waals surface area contributed by atoms with E-state index in [1.807, 2.05) is 13.0 Å². The van der Waals surface area contributed by atoms with Crippen LogP contribution >= 0.6 is 23.2 Å². The van der Waals surface area contributed by atoms with Crippen molar-refractivity contribution in [2.75, 3.05) is 11.9 Å². The van der Waals surface area contributed by atoms with Crippen LogP contribution in [0.3, 0.4) is 0 Å². The standard InChI is InChI=1S/C15H13Cl2NO2/c1-2-20-14-6-4-3-5-11(14)15(19)18-10-7-8-12(16)13(17)9-10/h3-9H,2H2,1H3,(H,18,19). The summed E-state index contributed by atoms with van der Waals surface area (Å²) in [5, 5.41) is 3.60.